The van der Waals surface area contributed by atoms with Gasteiger partial charge in [-0.05, 0) is 12.1 Å². The largest absolute Gasteiger partial charge is 0.507 e. The number of phenolic OH excluding ortho intramolecular Hbond substituents is 1. The standard InChI is InChI=1S/C10H12N2O3/c1-6(13)12-7-3-4-8(9(14)5-7)10(15)11-2/h3-5,14H,1-2H3,(H,11,15)(H,12,13). The summed E-state index contributed by atoms with van der Waals surface area (Å²) in [5.74, 6) is -0.774. The van der Waals surface area contributed by atoms with Crippen LogP contribution in [-0.2, 0) is 4.79 Å². The Bertz CT molecular complexity index is 402. The molecule has 0 unspecified atom stereocenters. The van der Waals surface area contributed by atoms with Crippen LogP contribution in [0.4, 0.5) is 5.69 Å². The van der Waals surface area contributed by atoms with Crippen LogP contribution in [0.1, 0.15) is 17.3 Å². The molecule has 80 valence electrons. The van der Waals surface area contributed by atoms with Crippen LogP contribution in [0.5, 0.6) is 5.75 Å². The number of anilines is 1. The second kappa shape index (κ2) is 4.45. The van der Waals surface area contributed by atoms with E-state index in [0.717, 1.165) is 0 Å². The number of phenols is 1. The lowest BCUT2D eigenvalue weighted by atomic mass is 10.1. The number of amides is 2. The highest BCUT2D eigenvalue weighted by Crippen LogP contribution is 2.21. The van der Waals surface area contributed by atoms with Crippen LogP contribution in [0.3, 0.4) is 0 Å². The molecule has 5 nitrogen and oxygen atoms in total. The fourth-order valence-corrected chi connectivity index (χ4v) is 1.14. The minimum Gasteiger partial charge on any atom is -0.507 e. The number of rotatable bonds is 2. The second-order valence-electron chi connectivity index (χ2n) is 2.99. The molecule has 1 rings (SSSR count). The summed E-state index contributed by atoms with van der Waals surface area (Å²) in [6.45, 7) is 1.36. The molecule has 0 aliphatic rings. The molecular formula is C10H12N2O3. The van der Waals surface area contributed by atoms with Crippen LogP contribution >= 0.6 is 0 Å². The molecule has 1 aromatic rings. The van der Waals surface area contributed by atoms with E-state index in [1.54, 1.807) is 6.07 Å². The molecular weight excluding hydrogens is 196 g/mol. The highest BCUT2D eigenvalue weighted by Gasteiger charge is 2.09. The maximum Gasteiger partial charge on any atom is 0.254 e. The first-order valence-electron chi connectivity index (χ1n) is 4.37. The van der Waals surface area contributed by atoms with Crippen molar-refractivity contribution >= 4 is 17.5 Å². The third-order valence-electron chi connectivity index (χ3n) is 1.79. The average Bonchev–Trinajstić information content (AvgIpc) is 2.16. The van der Waals surface area contributed by atoms with E-state index in [2.05, 4.69) is 10.6 Å². The third kappa shape index (κ3) is 2.70. The molecule has 0 bridgehead atoms. The molecule has 0 aromatic heterocycles. The van der Waals surface area contributed by atoms with Crippen LogP contribution in [0.15, 0.2) is 18.2 Å². The summed E-state index contributed by atoms with van der Waals surface area (Å²) >= 11 is 0. The molecule has 0 saturated carbocycles. The van der Waals surface area contributed by atoms with Gasteiger partial charge >= 0.3 is 0 Å². The van der Waals surface area contributed by atoms with Gasteiger partial charge in [0.1, 0.15) is 5.75 Å². The van der Waals surface area contributed by atoms with Crippen molar-refractivity contribution in [1.82, 2.24) is 5.32 Å². The summed E-state index contributed by atoms with van der Waals surface area (Å²) in [6, 6.07) is 4.32. The molecule has 0 spiro atoms. The van der Waals surface area contributed by atoms with Gasteiger partial charge in [-0.1, -0.05) is 0 Å². The van der Waals surface area contributed by atoms with Crippen LogP contribution in [0.2, 0.25) is 0 Å². The first-order chi connectivity index (χ1) is 7.04. The normalized spacial score (nSPS) is 9.47. The Morgan fingerprint density at radius 2 is 2.00 bits per heavy atom. The highest BCUT2D eigenvalue weighted by molar-refractivity contribution is 5.98. The second-order valence-corrected chi connectivity index (χ2v) is 2.99. The van der Waals surface area contributed by atoms with Gasteiger partial charge in [0, 0.05) is 25.7 Å². The molecule has 0 radical (unpaired) electrons. The zero-order chi connectivity index (χ0) is 11.4. The Morgan fingerprint density at radius 1 is 1.33 bits per heavy atom. The molecule has 0 atom stereocenters. The van der Waals surface area contributed by atoms with E-state index in [1.165, 1.54) is 26.1 Å². The average molecular weight is 208 g/mol. The quantitative estimate of drug-likeness (QED) is 0.669. The van der Waals surface area contributed by atoms with E-state index in [1.807, 2.05) is 0 Å². The molecule has 0 aliphatic heterocycles. The number of carbonyl (C=O) groups excluding carboxylic acids is 2. The Balaban J connectivity index is 2.97. The van der Waals surface area contributed by atoms with E-state index in [0.29, 0.717) is 5.69 Å². The van der Waals surface area contributed by atoms with Gasteiger partial charge in [-0.2, -0.15) is 0 Å². The summed E-state index contributed by atoms with van der Waals surface area (Å²) in [5.41, 5.74) is 0.624. The molecule has 3 N–H and O–H groups in total. The van der Waals surface area contributed by atoms with Gasteiger partial charge in [0.2, 0.25) is 5.91 Å². The topological polar surface area (TPSA) is 78.4 Å². The molecule has 0 aliphatic carbocycles. The Hall–Kier alpha value is -2.04. The SMILES string of the molecule is CNC(=O)c1ccc(NC(C)=O)cc1O. The Kier molecular flexibility index (Phi) is 3.28. The third-order valence-corrected chi connectivity index (χ3v) is 1.79. The number of aromatic hydroxyl groups is 1. The van der Waals surface area contributed by atoms with E-state index >= 15 is 0 Å². The van der Waals surface area contributed by atoms with Crippen molar-refractivity contribution in [3.05, 3.63) is 23.8 Å². The maximum absolute atomic E-state index is 11.2. The number of hydrogen-bond acceptors (Lipinski definition) is 3. The van der Waals surface area contributed by atoms with Gasteiger partial charge in [0.05, 0.1) is 5.56 Å². The van der Waals surface area contributed by atoms with Gasteiger partial charge < -0.3 is 15.7 Å². The number of carbonyl (C=O) groups is 2. The lowest BCUT2D eigenvalue weighted by Crippen LogP contribution is -2.18. The van der Waals surface area contributed by atoms with Crippen LogP contribution in [-0.4, -0.2) is 24.0 Å². The maximum atomic E-state index is 11.2. The minimum atomic E-state index is -0.373. The summed E-state index contributed by atoms with van der Waals surface area (Å²) in [6.07, 6.45) is 0. The van der Waals surface area contributed by atoms with Crippen molar-refractivity contribution in [3.8, 4) is 5.75 Å². The summed E-state index contributed by atoms with van der Waals surface area (Å²) in [5, 5.41) is 14.4. The summed E-state index contributed by atoms with van der Waals surface area (Å²) < 4.78 is 0. The van der Waals surface area contributed by atoms with Crippen molar-refractivity contribution in [2.75, 3.05) is 12.4 Å². The first kappa shape index (κ1) is 11.0. The van der Waals surface area contributed by atoms with Crippen LogP contribution < -0.4 is 10.6 Å². The van der Waals surface area contributed by atoms with Crippen molar-refractivity contribution < 1.29 is 14.7 Å². The molecule has 0 fully saturated rings. The number of hydrogen-bond donors (Lipinski definition) is 3. The lowest BCUT2D eigenvalue weighted by Gasteiger charge is -2.06. The Morgan fingerprint density at radius 3 is 2.47 bits per heavy atom. The predicted octanol–water partition coefficient (Wildman–Crippen LogP) is 0.710. The molecule has 15 heavy (non-hydrogen) atoms. The Labute approximate surface area is 87.1 Å². The monoisotopic (exact) mass is 208 g/mol. The van der Waals surface area contributed by atoms with E-state index in [4.69, 9.17) is 0 Å². The van der Waals surface area contributed by atoms with Crippen molar-refractivity contribution in [2.45, 2.75) is 6.92 Å². The van der Waals surface area contributed by atoms with Crippen LogP contribution in [0.25, 0.3) is 0 Å². The van der Waals surface area contributed by atoms with E-state index in [9.17, 15) is 14.7 Å². The molecule has 0 heterocycles. The smallest absolute Gasteiger partial charge is 0.254 e. The zero-order valence-corrected chi connectivity index (χ0v) is 8.50. The zero-order valence-electron chi connectivity index (χ0n) is 8.50. The van der Waals surface area contributed by atoms with E-state index in [-0.39, 0.29) is 23.1 Å². The fourth-order valence-electron chi connectivity index (χ4n) is 1.14. The van der Waals surface area contributed by atoms with Gasteiger partial charge in [0.25, 0.3) is 5.91 Å². The minimum absolute atomic E-state index is 0.166. The fraction of sp³-hybridized carbons (Fsp3) is 0.200. The van der Waals surface area contributed by atoms with Gasteiger partial charge in [-0.15, -0.1) is 0 Å². The van der Waals surface area contributed by atoms with Crippen molar-refractivity contribution in [3.63, 3.8) is 0 Å². The predicted molar refractivity (Wildman–Crippen MR) is 55.8 cm³/mol. The number of nitrogens with one attached hydrogen (secondary N) is 2. The first-order valence-corrected chi connectivity index (χ1v) is 4.37. The highest BCUT2D eigenvalue weighted by atomic mass is 16.3. The lowest BCUT2D eigenvalue weighted by molar-refractivity contribution is -0.114. The molecule has 5 heteroatoms. The van der Waals surface area contributed by atoms with Crippen molar-refractivity contribution in [2.24, 2.45) is 0 Å². The molecule has 1 aromatic carbocycles. The van der Waals surface area contributed by atoms with Crippen LogP contribution in [0, 0.1) is 0 Å². The van der Waals surface area contributed by atoms with Gasteiger partial charge in [-0.25, -0.2) is 0 Å². The molecule has 0 saturated heterocycles. The van der Waals surface area contributed by atoms with Crippen molar-refractivity contribution in [1.29, 1.82) is 0 Å². The number of benzene rings is 1. The van der Waals surface area contributed by atoms with Gasteiger partial charge in [-0.3, -0.25) is 9.59 Å². The molecule has 2 amide bonds. The summed E-state index contributed by atoms with van der Waals surface area (Å²) in [7, 11) is 1.48. The van der Waals surface area contributed by atoms with Gasteiger partial charge in [0.15, 0.2) is 0 Å². The summed E-state index contributed by atoms with van der Waals surface area (Å²) in [4.78, 5) is 21.9. The van der Waals surface area contributed by atoms with E-state index < -0.39 is 0 Å².